The maximum absolute atomic E-state index is 10.9. The minimum atomic E-state index is -0.874. The molecule has 5 N–H and O–H groups in total. The van der Waals surface area contributed by atoms with Crippen molar-refractivity contribution in [1.82, 2.24) is 0 Å². The molecule has 3 aliphatic rings. The third-order valence-corrected chi connectivity index (χ3v) is 7.25. The van der Waals surface area contributed by atoms with E-state index in [0.29, 0.717) is 13.2 Å². The van der Waals surface area contributed by atoms with Crippen molar-refractivity contribution in [2.45, 2.75) is 24.4 Å². The molecule has 3 rings (SSSR count). The first kappa shape index (κ1) is 18.8. The molecule has 130 valence electrons. The molecule has 0 saturated carbocycles. The molecule has 8 heteroatoms. The molecule has 0 aliphatic carbocycles. The average molecular weight is 354 g/mol. The van der Waals surface area contributed by atoms with Crippen molar-refractivity contribution in [1.29, 1.82) is 0 Å². The van der Waals surface area contributed by atoms with E-state index < -0.39 is 18.0 Å². The molecule has 5 atom stereocenters. The van der Waals surface area contributed by atoms with Crippen LogP contribution in [0.4, 0.5) is 0 Å². The Morgan fingerprint density at radius 1 is 1.14 bits per heavy atom. The number of rotatable bonds is 3. The molecule has 0 bridgehead atoms. The van der Waals surface area contributed by atoms with E-state index in [0.717, 1.165) is 29.4 Å². The van der Waals surface area contributed by atoms with Crippen LogP contribution in [0, 0.1) is 17.8 Å². The Kier molecular flexibility index (Phi) is 6.85. The Morgan fingerprint density at radius 3 is 2.50 bits per heavy atom. The van der Waals surface area contributed by atoms with Crippen LogP contribution < -0.4 is 0 Å². The molecule has 3 heterocycles. The highest BCUT2D eigenvalue weighted by molar-refractivity contribution is 7.99. The molecule has 3 aliphatic heterocycles. The fourth-order valence-electron chi connectivity index (χ4n) is 3.66. The lowest BCUT2D eigenvalue weighted by Crippen LogP contribution is -2.59. The van der Waals surface area contributed by atoms with Crippen LogP contribution in [0.15, 0.2) is 0 Å². The first-order chi connectivity index (χ1) is 10.2. The number of hydrogen-bond donors (Lipinski definition) is 3. The summed E-state index contributed by atoms with van der Waals surface area (Å²) in [5.74, 6) is 1.90. The summed E-state index contributed by atoms with van der Waals surface area (Å²) in [6.45, 7) is 1.01. The third-order valence-electron chi connectivity index (χ3n) is 4.87. The van der Waals surface area contributed by atoms with Crippen LogP contribution in [0.1, 0.15) is 6.42 Å². The predicted octanol–water partition coefficient (Wildman–Crippen LogP) is -0.649. The molecule has 6 nitrogen and oxygen atoms in total. The van der Waals surface area contributed by atoms with E-state index in [1.54, 1.807) is 23.5 Å². The van der Waals surface area contributed by atoms with Gasteiger partial charge in [0.1, 0.15) is 0 Å². The van der Waals surface area contributed by atoms with E-state index in [1.165, 1.54) is 0 Å². The van der Waals surface area contributed by atoms with Crippen molar-refractivity contribution in [3.8, 4) is 0 Å². The largest absolute Gasteiger partial charge is 0.412 e. The smallest absolute Gasteiger partial charge is 0.180 e. The number of ether oxygens (including phenoxy) is 2. The van der Waals surface area contributed by atoms with Crippen molar-refractivity contribution in [2.75, 3.05) is 42.8 Å². The average Bonchev–Trinajstić information content (AvgIpc) is 2.97. The van der Waals surface area contributed by atoms with E-state index in [4.69, 9.17) is 9.47 Å². The van der Waals surface area contributed by atoms with Gasteiger partial charge in [0.2, 0.25) is 0 Å². The lowest BCUT2D eigenvalue weighted by molar-refractivity contribution is -0.253. The highest BCUT2D eigenvalue weighted by atomic mass is 32.2. The summed E-state index contributed by atoms with van der Waals surface area (Å²) in [4.78, 5) is 0. The normalized spacial score (nSPS) is 39.4. The lowest BCUT2D eigenvalue weighted by Gasteiger charge is -2.48. The molecule has 3 saturated heterocycles. The van der Waals surface area contributed by atoms with Crippen LogP contribution >= 0.6 is 23.5 Å². The van der Waals surface area contributed by atoms with Gasteiger partial charge in [-0.2, -0.15) is 23.5 Å². The standard InChI is InChI=1S/C14H24O5S2.H2O/c15-5-9-6-21-8-11(14(9)18-2-3-19-14)13(17)10-7-20-4-1-12(10)16;/h9-13,15-17H,1-8H2;1H2/t9-,10+,11-,12-,13+;/m0./s1. The van der Waals surface area contributed by atoms with Gasteiger partial charge in [-0.15, -0.1) is 0 Å². The van der Waals surface area contributed by atoms with E-state index in [2.05, 4.69) is 0 Å². The van der Waals surface area contributed by atoms with Crippen LogP contribution in [-0.4, -0.2) is 81.6 Å². The summed E-state index contributed by atoms with van der Waals surface area (Å²) in [5, 5.41) is 30.8. The van der Waals surface area contributed by atoms with Gasteiger partial charge in [-0.1, -0.05) is 0 Å². The van der Waals surface area contributed by atoms with Gasteiger partial charge in [-0.3, -0.25) is 0 Å². The molecule has 0 aromatic heterocycles. The molecule has 0 aromatic rings. The van der Waals surface area contributed by atoms with E-state index in [-0.39, 0.29) is 29.8 Å². The zero-order chi connectivity index (χ0) is 14.9. The summed E-state index contributed by atoms with van der Waals surface area (Å²) in [7, 11) is 0. The maximum Gasteiger partial charge on any atom is 0.180 e. The maximum atomic E-state index is 10.9. The molecule has 0 unspecified atom stereocenters. The number of hydrogen-bond acceptors (Lipinski definition) is 7. The molecular formula is C14H26O6S2. The first-order valence-corrected chi connectivity index (χ1v) is 9.90. The number of aliphatic hydroxyl groups excluding tert-OH is 3. The summed E-state index contributed by atoms with van der Waals surface area (Å²) in [6, 6.07) is 0. The highest BCUT2D eigenvalue weighted by Gasteiger charge is 2.56. The summed E-state index contributed by atoms with van der Waals surface area (Å²) in [6.07, 6.45) is -0.392. The number of aliphatic hydroxyl groups is 3. The SMILES string of the molecule is O.OC[C@H]1CSC[C@@H]([C@H](O)[C@@H]2CSCC[C@@H]2O)C12OCCO2. The Labute approximate surface area is 139 Å². The Morgan fingerprint density at radius 2 is 1.86 bits per heavy atom. The fraction of sp³-hybridized carbons (Fsp3) is 1.00. The van der Waals surface area contributed by atoms with Gasteiger partial charge < -0.3 is 30.3 Å². The van der Waals surface area contributed by atoms with Crippen molar-refractivity contribution in [3.05, 3.63) is 0 Å². The summed E-state index contributed by atoms with van der Waals surface area (Å²) < 4.78 is 11.8. The first-order valence-electron chi connectivity index (χ1n) is 7.59. The molecule has 22 heavy (non-hydrogen) atoms. The molecular weight excluding hydrogens is 328 g/mol. The van der Waals surface area contributed by atoms with Gasteiger partial charge in [-0.25, -0.2) is 0 Å². The topological polar surface area (TPSA) is 111 Å². The van der Waals surface area contributed by atoms with Gasteiger partial charge in [0.25, 0.3) is 0 Å². The van der Waals surface area contributed by atoms with Crippen LogP contribution in [0.25, 0.3) is 0 Å². The fourth-order valence-corrected chi connectivity index (χ4v) is 6.36. The quantitative estimate of drug-likeness (QED) is 0.618. The van der Waals surface area contributed by atoms with Crippen LogP contribution in [-0.2, 0) is 9.47 Å². The van der Waals surface area contributed by atoms with Gasteiger partial charge >= 0.3 is 0 Å². The molecule has 1 spiro atoms. The summed E-state index contributed by atoms with van der Waals surface area (Å²) >= 11 is 3.50. The summed E-state index contributed by atoms with van der Waals surface area (Å²) in [5.41, 5.74) is 0. The highest BCUT2D eigenvalue weighted by Crippen LogP contribution is 2.46. The molecule has 0 radical (unpaired) electrons. The second-order valence-electron chi connectivity index (χ2n) is 6.03. The van der Waals surface area contributed by atoms with Crippen LogP contribution in [0.3, 0.4) is 0 Å². The number of thioether (sulfide) groups is 2. The zero-order valence-electron chi connectivity index (χ0n) is 12.5. The second-order valence-corrected chi connectivity index (χ2v) is 8.25. The monoisotopic (exact) mass is 354 g/mol. The Hall–Kier alpha value is 0.460. The Bertz CT molecular complexity index is 352. The van der Waals surface area contributed by atoms with Gasteiger partial charge in [0, 0.05) is 35.0 Å². The molecule has 0 amide bonds. The Balaban J connectivity index is 0.00000176. The third kappa shape index (κ3) is 3.30. The van der Waals surface area contributed by atoms with Gasteiger partial charge in [0.15, 0.2) is 5.79 Å². The second kappa shape index (κ2) is 8.02. The molecule has 0 aromatic carbocycles. The predicted molar refractivity (Wildman–Crippen MR) is 87.1 cm³/mol. The molecule has 3 fully saturated rings. The van der Waals surface area contributed by atoms with Crippen molar-refractivity contribution in [3.63, 3.8) is 0 Å². The lowest BCUT2D eigenvalue weighted by atomic mass is 9.78. The van der Waals surface area contributed by atoms with E-state index in [9.17, 15) is 15.3 Å². The van der Waals surface area contributed by atoms with E-state index in [1.807, 2.05) is 0 Å². The van der Waals surface area contributed by atoms with Crippen molar-refractivity contribution in [2.24, 2.45) is 17.8 Å². The minimum absolute atomic E-state index is 0. The van der Waals surface area contributed by atoms with Gasteiger partial charge in [-0.05, 0) is 12.2 Å². The van der Waals surface area contributed by atoms with Crippen molar-refractivity contribution < 1.29 is 30.3 Å². The zero-order valence-corrected chi connectivity index (χ0v) is 14.2. The minimum Gasteiger partial charge on any atom is -0.412 e. The van der Waals surface area contributed by atoms with Crippen LogP contribution in [0.2, 0.25) is 0 Å². The van der Waals surface area contributed by atoms with E-state index >= 15 is 0 Å². The van der Waals surface area contributed by atoms with Crippen molar-refractivity contribution >= 4 is 23.5 Å². The van der Waals surface area contributed by atoms with Crippen LogP contribution in [0.5, 0.6) is 0 Å². The van der Waals surface area contributed by atoms with Gasteiger partial charge in [0.05, 0.1) is 32.0 Å².